The van der Waals surface area contributed by atoms with Crippen LogP contribution in [-0.2, 0) is 17.8 Å². The average Bonchev–Trinajstić information content (AvgIpc) is 2.68. The van der Waals surface area contributed by atoms with Crippen LogP contribution < -0.4 is 4.74 Å². The Hall–Kier alpha value is -0.980. The van der Waals surface area contributed by atoms with Crippen molar-refractivity contribution in [3.05, 3.63) is 26.8 Å². The van der Waals surface area contributed by atoms with Gasteiger partial charge in [0.15, 0.2) is 0 Å². The van der Waals surface area contributed by atoms with Gasteiger partial charge in [0.1, 0.15) is 11.4 Å². The quantitative estimate of drug-likeness (QED) is 0.705. The smallest absolute Gasteiger partial charge is 0.410 e. The number of nitrogens with zero attached hydrogens (tertiary/aromatic N) is 1. The summed E-state index contributed by atoms with van der Waals surface area (Å²) in [7, 11) is 1.66. The normalized spacial score (nSPS) is 14.3. The van der Waals surface area contributed by atoms with Gasteiger partial charge < -0.3 is 9.47 Å². The van der Waals surface area contributed by atoms with Gasteiger partial charge in [0.05, 0.1) is 10.7 Å². The minimum absolute atomic E-state index is 0.266. The highest BCUT2D eigenvalue weighted by molar-refractivity contribution is 14.1. The van der Waals surface area contributed by atoms with E-state index in [4.69, 9.17) is 9.47 Å². The zero-order valence-electron chi connectivity index (χ0n) is 11.6. The monoisotopic (exact) mass is 375 g/mol. The average molecular weight is 375 g/mol. The van der Waals surface area contributed by atoms with Crippen LogP contribution in [0.2, 0.25) is 0 Å². The third-order valence-corrected chi connectivity index (χ3v) is 3.69. The summed E-state index contributed by atoms with van der Waals surface area (Å²) >= 11 is 2.24. The van der Waals surface area contributed by atoms with Crippen LogP contribution in [0.5, 0.6) is 5.75 Å². The predicted molar refractivity (Wildman–Crippen MR) is 81.2 cm³/mol. The molecule has 5 heteroatoms. The van der Waals surface area contributed by atoms with E-state index in [0.29, 0.717) is 13.1 Å². The van der Waals surface area contributed by atoms with Crippen molar-refractivity contribution in [2.24, 2.45) is 0 Å². The number of carbonyl (C=O) groups excluding carboxylic acids is 1. The van der Waals surface area contributed by atoms with Gasteiger partial charge in [-0.05, 0) is 66.6 Å². The van der Waals surface area contributed by atoms with Crippen molar-refractivity contribution >= 4 is 28.7 Å². The number of benzene rings is 1. The molecule has 104 valence electrons. The number of rotatable bonds is 1. The minimum Gasteiger partial charge on any atom is -0.496 e. The van der Waals surface area contributed by atoms with E-state index in [0.717, 1.165) is 20.4 Å². The SMILES string of the molecule is COc1cc2c(cc1I)CN(C(=O)OC(C)(C)C)C2. The van der Waals surface area contributed by atoms with Crippen molar-refractivity contribution in [2.75, 3.05) is 7.11 Å². The van der Waals surface area contributed by atoms with Crippen molar-refractivity contribution in [1.29, 1.82) is 0 Å². The van der Waals surface area contributed by atoms with Crippen molar-refractivity contribution in [3.63, 3.8) is 0 Å². The lowest BCUT2D eigenvalue weighted by Gasteiger charge is -2.24. The van der Waals surface area contributed by atoms with Gasteiger partial charge >= 0.3 is 6.09 Å². The number of halogens is 1. The third kappa shape index (κ3) is 3.32. The first-order chi connectivity index (χ1) is 8.80. The van der Waals surface area contributed by atoms with Crippen molar-refractivity contribution in [2.45, 2.75) is 39.5 Å². The van der Waals surface area contributed by atoms with Crippen LogP contribution in [-0.4, -0.2) is 23.7 Å². The summed E-state index contributed by atoms with van der Waals surface area (Å²) in [6.45, 7) is 6.81. The summed E-state index contributed by atoms with van der Waals surface area (Å²) in [4.78, 5) is 13.8. The predicted octanol–water partition coefficient (Wildman–Crippen LogP) is 3.55. The molecule has 1 aromatic carbocycles. The molecule has 0 aromatic heterocycles. The maximum absolute atomic E-state index is 12.0. The molecule has 0 saturated carbocycles. The molecule has 0 unspecified atom stereocenters. The van der Waals surface area contributed by atoms with Crippen LogP contribution in [0.25, 0.3) is 0 Å². The highest BCUT2D eigenvalue weighted by Crippen LogP contribution is 2.31. The van der Waals surface area contributed by atoms with Gasteiger partial charge in [0.25, 0.3) is 0 Å². The Morgan fingerprint density at radius 3 is 2.37 bits per heavy atom. The van der Waals surface area contributed by atoms with Gasteiger partial charge in [-0.1, -0.05) is 0 Å². The van der Waals surface area contributed by atoms with Crippen LogP contribution in [0.4, 0.5) is 4.79 Å². The molecule has 1 aromatic rings. The fourth-order valence-corrected chi connectivity index (χ4v) is 2.76. The van der Waals surface area contributed by atoms with Crippen LogP contribution >= 0.6 is 22.6 Å². The molecule has 19 heavy (non-hydrogen) atoms. The Morgan fingerprint density at radius 2 is 1.84 bits per heavy atom. The van der Waals surface area contributed by atoms with E-state index in [-0.39, 0.29) is 6.09 Å². The lowest BCUT2D eigenvalue weighted by molar-refractivity contribution is 0.0242. The summed E-state index contributed by atoms with van der Waals surface area (Å²) < 4.78 is 11.8. The molecule has 0 atom stereocenters. The summed E-state index contributed by atoms with van der Waals surface area (Å²) in [5, 5.41) is 0. The molecule has 4 nitrogen and oxygen atoms in total. The molecule has 0 fully saturated rings. The van der Waals surface area contributed by atoms with E-state index in [1.54, 1.807) is 12.0 Å². The van der Waals surface area contributed by atoms with Crippen molar-refractivity contribution in [3.8, 4) is 5.75 Å². The van der Waals surface area contributed by atoms with Gasteiger partial charge in [-0.2, -0.15) is 0 Å². The first kappa shape index (κ1) is 14.4. The van der Waals surface area contributed by atoms with E-state index in [1.165, 1.54) is 0 Å². The molecule has 0 radical (unpaired) electrons. The van der Waals surface area contributed by atoms with Gasteiger partial charge in [-0.15, -0.1) is 0 Å². The fraction of sp³-hybridized carbons (Fsp3) is 0.500. The first-order valence-corrected chi connectivity index (χ1v) is 7.21. The van der Waals surface area contributed by atoms with Crippen molar-refractivity contribution < 1.29 is 14.3 Å². The van der Waals surface area contributed by atoms with Gasteiger partial charge in [-0.25, -0.2) is 4.79 Å². The first-order valence-electron chi connectivity index (χ1n) is 6.13. The molecule has 0 aliphatic carbocycles. The number of fused-ring (bicyclic) bond motifs is 1. The molecule has 1 heterocycles. The Labute approximate surface area is 127 Å². The second-order valence-electron chi connectivity index (χ2n) is 5.59. The van der Waals surface area contributed by atoms with Crippen LogP contribution in [0.1, 0.15) is 31.9 Å². The highest BCUT2D eigenvalue weighted by atomic mass is 127. The van der Waals surface area contributed by atoms with Gasteiger partial charge in [0, 0.05) is 13.1 Å². The van der Waals surface area contributed by atoms with E-state index in [1.807, 2.05) is 26.8 Å². The second-order valence-corrected chi connectivity index (χ2v) is 6.75. The van der Waals surface area contributed by atoms with Gasteiger partial charge in [-0.3, -0.25) is 4.90 Å². The van der Waals surface area contributed by atoms with E-state index in [2.05, 4.69) is 28.7 Å². The van der Waals surface area contributed by atoms with E-state index >= 15 is 0 Å². The molecule has 1 aliphatic rings. The van der Waals surface area contributed by atoms with Crippen LogP contribution in [0.15, 0.2) is 12.1 Å². The molecule has 0 spiro atoms. The Balaban J connectivity index is 2.14. The lowest BCUT2D eigenvalue weighted by atomic mass is 10.1. The van der Waals surface area contributed by atoms with Gasteiger partial charge in [0.2, 0.25) is 0 Å². The maximum Gasteiger partial charge on any atom is 0.410 e. The van der Waals surface area contributed by atoms with E-state index in [9.17, 15) is 4.79 Å². The number of ether oxygens (including phenoxy) is 2. The van der Waals surface area contributed by atoms with Crippen LogP contribution in [0, 0.1) is 3.57 Å². The molecule has 1 aliphatic heterocycles. The molecule has 2 rings (SSSR count). The third-order valence-electron chi connectivity index (χ3n) is 2.85. The van der Waals surface area contributed by atoms with Crippen molar-refractivity contribution in [1.82, 2.24) is 4.90 Å². The molecule has 0 saturated heterocycles. The Bertz CT molecular complexity index is 508. The number of hydrogen-bond acceptors (Lipinski definition) is 3. The molecule has 0 bridgehead atoms. The number of methoxy groups -OCH3 is 1. The zero-order chi connectivity index (χ0) is 14.2. The van der Waals surface area contributed by atoms with E-state index < -0.39 is 5.60 Å². The lowest BCUT2D eigenvalue weighted by Crippen LogP contribution is -2.33. The number of carbonyl (C=O) groups is 1. The molecule has 0 N–H and O–H groups in total. The standard InChI is InChI=1S/C14H18INO3/c1-14(2,3)19-13(17)16-7-9-5-11(15)12(18-4)6-10(9)8-16/h5-6H,7-8H2,1-4H3. The number of amides is 1. The summed E-state index contributed by atoms with van der Waals surface area (Å²) in [5.41, 5.74) is 1.83. The Kier molecular flexibility index (Phi) is 3.94. The Morgan fingerprint density at radius 1 is 1.26 bits per heavy atom. The fourth-order valence-electron chi connectivity index (χ4n) is 2.01. The minimum atomic E-state index is -0.460. The largest absolute Gasteiger partial charge is 0.496 e. The topological polar surface area (TPSA) is 38.8 Å². The summed E-state index contributed by atoms with van der Waals surface area (Å²) in [5.74, 6) is 0.852. The van der Waals surface area contributed by atoms with Crippen LogP contribution in [0.3, 0.4) is 0 Å². The second kappa shape index (κ2) is 5.19. The maximum atomic E-state index is 12.0. The highest BCUT2D eigenvalue weighted by Gasteiger charge is 2.28. The molecule has 1 amide bonds. The zero-order valence-corrected chi connectivity index (χ0v) is 13.8. The number of hydrogen-bond donors (Lipinski definition) is 0. The molecular weight excluding hydrogens is 357 g/mol. The summed E-state index contributed by atoms with van der Waals surface area (Å²) in [6, 6.07) is 4.07. The summed E-state index contributed by atoms with van der Waals surface area (Å²) in [6.07, 6.45) is -0.266. The molecular formula is C14H18INO3.